The molecule has 2 aromatic carbocycles. The van der Waals surface area contributed by atoms with E-state index in [2.05, 4.69) is 48.5 Å². The summed E-state index contributed by atoms with van der Waals surface area (Å²) in [5.74, 6) is 0. The first kappa shape index (κ1) is 10.4. The van der Waals surface area contributed by atoms with Crippen molar-refractivity contribution >= 4 is 73.0 Å². The molecule has 3 aromatic heterocycles. The average molecular weight is 296 g/mol. The number of hydrogen-bond donors (Lipinski definition) is 0. The molecule has 0 saturated carbocycles. The summed E-state index contributed by atoms with van der Waals surface area (Å²) in [6, 6.07) is 17.5. The smallest absolute Gasteiger partial charge is 0.0642 e. The fraction of sp³-hybridized carbons (Fsp3) is 0. The van der Waals surface area contributed by atoms with Crippen molar-refractivity contribution in [3.05, 3.63) is 48.5 Å². The summed E-state index contributed by atoms with van der Waals surface area (Å²) in [6.07, 6.45) is 0. The van der Waals surface area contributed by atoms with E-state index in [1.54, 1.807) is 0 Å². The number of fused-ring (bicyclic) bond motifs is 7. The summed E-state index contributed by atoms with van der Waals surface area (Å²) in [5.41, 5.74) is 0. The quantitative estimate of drug-likeness (QED) is 0.306. The van der Waals surface area contributed by atoms with Crippen LogP contribution in [0.5, 0.6) is 0 Å². The Morgan fingerprint density at radius 3 is 1.47 bits per heavy atom. The Morgan fingerprint density at radius 1 is 0.474 bits per heavy atom. The molecular weight excluding hydrogens is 288 g/mol. The molecule has 5 aromatic rings. The Morgan fingerprint density at radius 2 is 0.947 bits per heavy atom. The van der Waals surface area contributed by atoms with E-state index >= 15 is 0 Å². The van der Waals surface area contributed by atoms with Gasteiger partial charge < -0.3 is 0 Å². The summed E-state index contributed by atoms with van der Waals surface area (Å²) in [7, 11) is 0. The van der Waals surface area contributed by atoms with Gasteiger partial charge in [0.25, 0.3) is 0 Å². The Bertz CT molecular complexity index is 974. The zero-order valence-corrected chi connectivity index (χ0v) is 12.3. The predicted octanol–water partition coefficient (Wildman–Crippen LogP) is 6.48. The number of benzene rings is 2. The minimum Gasteiger partial charge on any atom is -0.133 e. The van der Waals surface area contributed by atoms with Crippen LogP contribution in [0.4, 0.5) is 0 Å². The monoisotopic (exact) mass is 296 g/mol. The second-order valence-corrected chi connectivity index (χ2v) is 7.74. The van der Waals surface area contributed by atoms with Crippen LogP contribution in [-0.4, -0.2) is 0 Å². The van der Waals surface area contributed by atoms with Crippen molar-refractivity contribution in [3.8, 4) is 0 Å². The van der Waals surface area contributed by atoms with Gasteiger partial charge in [-0.05, 0) is 12.1 Å². The minimum atomic E-state index is 1.41. The van der Waals surface area contributed by atoms with E-state index in [1.807, 2.05) is 34.0 Å². The van der Waals surface area contributed by atoms with Crippen molar-refractivity contribution in [3.63, 3.8) is 0 Å². The van der Waals surface area contributed by atoms with Gasteiger partial charge in [-0.15, -0.1) is 34.0 Å². The molecule has 0 nitrogen and oxygen atoms in total. The molecule has 0 saturated heterocycles. The summed E-state index contributed by atoms with van der Waals surface area (Å²) in [5, 5.41) is 2.83. The molecule has 19 heavy (non-hydrogen) atoms. The molecule has 0 aliphatic rings. The first-order valence-corrected chi connectivity index (χ1v) is 8.58. The highest BCUT2D eigenvalue weighted by Crippen LogP contribution is 2.49. The van der Waals surface area contributed by atoms with Crippen molar-refractivity contribution in [2.45, 2.75) is 0 Å². The molecule has 0 amide bonds. The van der Waals surface area contributed by atoms with E-state index in [-0.39, 0.29) is 0 Å². The third kappa shape index (κ3) is 1.27. The predicted molar refractivity (Wildman–Crippen MR) is 90.1 cm³/mol. The summed E-state index contributed by atoms with van der Waals surface area (Å²) >= 11 is 5.82. The average Bonchev–Trinajstić information content (AvgIpc) is 3.07. The molecule has 0 aliphatic carbocycles. The van der Waals surface area contributed by atoms with E-state index in [1.165, 1.54) is 39.0 Å². The molecule has 5 rings (SSSR count). The molecule has 0 unspecified atom stereocenters. The van der Waals surface area contributed by atoms with Crippen LogP contribution in [0.3, 0.4) is 0 Å². The van der Waals surface area contributed by atoms with Crippen LogP contribution in [0.2, 0.25) is 0 Å². The highest BCUT2D eigenvalue weighted by molar-refractivity contribution is 7.43. The molecule has 0 radical (unpaired) electrons. The van der Waals surface area contributed by atoms with Gasteiger partial charge in [-0.3, -0.25) is 0 Å². The van der Waals surface area contributed by atoms with E-state index < -0.39 is 0 Å². The summed E-state index contributed by atoms with van der Waals surface area (Å²) in [4.78, 5) is 0. The zero-order chi connectivity index (χ0) is 12.4. The highest BCUT2D eigenvalue weighted by atomic mass is 32.1. The maximum atomic E-state index is 2.25. The summed E-state index contributed by atoms with van der Waals surface area (Å²) in [6.45, 7) is 0. The molecule has 90 valence electrons. The lowest BCUT2D eigenvalue weighted by atomic mass is 10.2. The van der Waals surface area contributed by atoms with Gasteiger partial charge in [0.1, 0.15) is 0 Å². The molecule has 0 fully saturated rings. The molecule has 0 atom stereocenters. The van der Waals surface area contributed by atoms with Crippen molar-refractivity contribution < 1.29 is 0 Å². The van der Waals surface area contributed by atoms with Crippen LogP contribution >= 0.6 is 34.0 Å². The van der Waals surface area contributed by atoms with Crippen LogP contribution < -0.4 is 0 Å². The third-order valence-corrected chi connectivity index (χ3v) is 7.53. The second kappa shape index (κ2) is 3.57. The standard InChI is InChI=1S/C16H8S3/c1-3-7-11-9(5-1)13-15(17-11)16-14(19-13)10-6-2-4-8-12(10)18-16/h1-8H. The van der Waals surface area contributed by atoms with Crippen molar-refractivity contribution in [1.29, 1.82) is 0 Å². The normalized spacial score (nSPS) is 12.2. The van der Waals surface area contributed by atoms with Crippen LogP contribution in [0.25, 0.3) is 39.0 Å². The van der Waals surface area contributed by atoms with Crippen LogP contribution in [-0.2, 0) is 0 Å². The Hall–Kier alpha value is -1.42. The molecule has 0 spiro atoms. The van der Waals surface area contributed by atoms with Crippen LogP contribution in [0, 0.1) is 0 Å². The van der Waals surface area contributed by atoms with E-state index in [0.717, 1.165) is 0 Å². The number of thiophene rings is 3. The Balaban J connectivity index is 2.10. The number of hydrogen-bond acceptors (Lipinski definition) is 3. The second-order valence-electron chi connectivity index (χ2n) is 4.62. The Kier molecular flexibility index (Phi) is 1.95. The lowest BCUT2D eigenvalue weighted by Crippen LogP contribution is -1.59. The topological polar surface area (TPSA) is 0 Å². The van der Waals surface area contributed by atoms with Crippen LogP contribution in [0.15, 0.2) is 48.5 Å². The first-order chi connectivity index (χ1) is 9.42. The minimum absolute atomic E-state index is 1.41. The van der Waals surface area contributed by atoms with E-state index in [4.69, 9.17) is 0 Å². The van der Waals surface area contributed by atoms with Gasteiger partial charge >= 0.3 is 0 Å². The molecule has 3 heteroatoms. The summed E-state index contributed by atoms with van der Waals surface area (Å²) < 4.78 is 8.69. The fourth-order valence-corrected chi connectivity index (χ4v) is 6.91. The first-order valence-electron chi connectivity index (χ1n) is 6.13. The lowest BCUT2D eigenvalue weighted by molar-refractivity contribution is 1.87. The lowest BCUT2D eigenvalue weighted by Gasteiger charge is -1.87. The zero-order valence-electron chi connectivity index (χ0n) is 9.84. The maximum Gasteiger partial charge on any atom is 0.0642 e. The Labute approximate surface area is 121 Å². The molecule has 0 bridgehead atoms. The van der Waals surface area contributed by atoms with Gasteiger partial charge in [-0.25, -0.2) is 0 Å². The van der Waals surface area contributed by atoms with Crippen molar-refractivity contribution in [2.75, 3.05) is 0 Å². The van der Waals surface area contributed by atoms with Gasteiger partial charge in [0.05, 0.1) is 18.8 Å². The highest BCUT2D eigenvalue weighted by Gasteiger charge is 2.15. The van der Waals surface area contributed by atoms with Gasteiger partial charge in [0.2, 0.25) is 0 Å². The van der Waals surface area contributed by atoms with Gasteiger partial charge in [-0.1, -0.05) is 36.4 Å². The van der Waals surface area contributed by atoms with Gasteiger partial charge in [-0.2, -0.15) is 0 Å². The fourth-order valence-electron chi connectivity index (χ4n) is 2.65. The van der Waals surface area contributed by atoms with Gasteiger partial charge in [0, 0.05) is 20.2 Å². The molecular formula is C16H8S3. The molecule has 3 heterocycles. The van der Waals surface area contributed by atoms with Crippen molar-refractivity contribution in [2.24, 2.45) is 0 Å². The largest absolute Gasteiger partial charge is 0.133 e. The SMILES string of the molecule is c1ccc2c(c1)sc1c2sc2c3ccccc3sc21. The van der Waals surface area contributed by atoms with Crippen LogP contribution in [0.1, 0.15) is 0 Å². The molecule has 0 aliphatic heterocycles. The van der Waals surface area contributed by atoms with E-state index in [9.17, 15) is 0 Å². The number of rotatable bonds is 0. The van der Waals surface area contributed by atoms with Gasteiger partial charge in [0.15, 0.2) is 0 Å². The van der Waals surface area contributed by atoms with Crippen molar-refractivity contribution in [1.82, 2.24) is 0 Å². The third-order valence-electron chi connectivity index (χ3n) is 3.51. The molecule has 0 N–H and O–H groups in total. The van der Waals surface area contributed by atoms with E-state index in [0.29, 0.717) is 0 Å². The maximum absolute atomic E-state index is 2.25.